The molecule has 0 aliphatic carbocycles. The second-order valence-electron chi connectivity index (χ2n) is 5.30. The van der Waals surface area contributed by atoms with Crippen LogP contribution in [0.25, 0.3) is 21.8 Å². The van der Waals surface area contributed by atoms with Crippen LogP contribution in [0.2, 0.25) is 0 Å². The van der Waals surface area contributed by atoms with Crippen LogP contribution in [0.4, 0.5) is 5.69 Å². The van der Waals surface area contributed by atoms with E-state index in [1.165, 1.54) is 0 Å². The molecule has 2 heterocycles. The van der Waals surface area contributed by atoms with Gasteiger partial charge in [0.05, 0.1) is 18.1 Å². The molecule has 0 saturated heterocycles. The van der Waals surface area contributed by atoms with Crippen molar-refractivity contribution in [3.05, 3.63) is 60.4 Å². The number of H-pyrrole nitrogens is 2. The average molecular weight is 290 g/mol. The molecule has 4 aromatic rings. The van der Waals surface area contributed by atoms with Crippen LogP contribution in [0.5, 0.6) is 0 Å². The Balaban J connectivity index is 1.51. The molecule has 0 bridgehead atoms. The molecule has 0 aliphatic heterocycles. The number of nitrogens with one attached hydrogen (secondary N) is 3. The Bertz CT molecular complexity index is 889. The van der Waals surface area contributed by atoms with E-state index in [2.05, 4.69) is 20.5 Å². The van der Waals surface area contributed by atoms with Gasteiger partial charge in [-0.2, -0.15) is 5.10 Å². The Morgan fingerprint density at radius 3 is 2.91 bits per heavy atom. The third kappa shape index (κ3) is 2.33. The van der Waals surface area contributed by atoms with Crippen LogP contribution in [0.3, 0.4) is 0 Å². The van der Waals surface area contributed by atoms with E-state index in [4.69, 9.17) is 0 Å². The molecule has 2 aromatic heterocycles. The van der Waals surface area contributed by atoms with Crippen LogP contribution in [-0.4, -0.2) is 21.1 Å². The third-order valence-corrected chi connectivity index (χ3v) is 3.71. The van der Waals surface area contributed by atoms with Crippen molar-refractivity contribution in [3.8, 4) is 0 Å². The number of fused-ring (bicyclic) bond motifs is 2. The van der Waals surface area contributed by atoms with E-state index in [1.807, 2.05) is 48.7 Å². The number of aromatic amines is 2. The van der Waals surface area contributed by atoms with Crippen molar-refractivity contribution >= 4 is 33.4 Å². The van der Waals surface area contributed by atoms with Gasteiger partial charge in [-0.15, -0.1) is 0 Å². The normalized spacial score (nSPS) is 11.1. The first-order chi connectivity index (χ1) is 10.8. The van der Waals surface area contributed by atoms with Gasteiger partial charge in [0.2, 0.25) is 5.91 Å². The molecule has 5 nitrogen and oxygen atoms in total. The number of carbonyl (C=O) groups excluding carboxylic acids is 1. The van der Waals surface area contributed by atoms with Crippen molar-refractivity contribution in [1.29, 1.82) is 0 Å². The summed E-state index contributed by atoms with van der Waals surface area (Å²) in [6, 6.07) is 13.7. The van der Waals surface area contributed by atoms with Gasteiger partial charge in [-0.1, -0.05) is 6.07 Å². The molecule has 0 spiro atoms. The van der Waals surface area contributed by atoms with Crippen molar-refractivity contribution in [3.63, 3.8) is 0 Å². The first-order valence-corrected chi connectivity index (χ1v) is 7.07. The van der Waals surface area contributed by atoms with Gasteiger partial charge in [0.15, 0.2) is 0 Å². The predicted molar refractivity (Wildman–Crippen MR) is 86.7 cm³/mol. The third-order valence-electron chi connectivity index (χ3n) is 3.71. The van der Waals surface area contributed by atoms with Crippen molar-refractivity contribution in [2.24, 2.45) is 0 Å². The lowest BCUT2D eigenvalue weighted by molar-refractivity contribution is -0.115. The molecule has 0 radical (unpaired) electrons. The molecule has 0 fully saturated rings. The minimum absolute atomic E-state index is 0.0299. The maximum absolute atomic E-state index is 12.2. The molecule has 1 amide bonds. The number of nitrogens with zero attached hydrogens (tertiary/aromatic N) is 1. The Morgan fingerprint density at radius 1 is 1.05 bits per heavy atom. The maximum atomic E-state index is 12.2. The summed E-state index contributed by atoms with van der Waals surface area (Å²) in [5.41, 5.74) is 3.81. The first-order valence-electron chi connectivity index (χ1n) is 7.07. The second kappa shape index (κ2) is 5.04. The van der Waals surface area contributed by atoms with E-state index >= 15 is 0 Å². The van der Waals surface area contributed by atoms with E-state index in [9.17, 15) is 4.79 Å². The molecule has 0 atom stereocenters. The van der Waals surface area contributed by atoms with Gasteiger partial charge < -0.3 is 10.3 Å². The number of anilines is 1. The van der Waals surface area contributed by atoms with Gasteiger partial charge in [0.25, 0.3) is 0 Å². The summed E-state index contributed by atoms with van der Waals surface area (Å²) in [6.07, 6.45) is 3.99. The van der Waals surface area contributed by atoms with Gasteiger partial charge in [-0.3, -0.25) is 9.89 Å². The Labute approximate surface area is 126 Å². The summed E-state index contributed by atoms with van der Waals surface area (Å²) >= 11 is 0. The van der Waals surface area contributed by atoms with Gasteiger partial charge in [0.1, 0.15) is 0 Å². The molecule has 0 aliphatic rings. The number of hydrogen-bond acceptors (Lipinski definition) is 2. The minimum atomic E-state index is -0.0299. The van der Waals surface area contributed by atoms with Crippen molar-refractivity contribution in [1.82, 2.24) is 15.2 Å². The van der Waals surface area contributed by atoms with Crippen molar-refractivity contribution in [2.45, 2.75) is 6.42 Å². The zero-order chi connectivity index (χ0) is 14.9. The number of carbonyl (C=O) groups is 1. The zero-order valence-electron chi connectivity index (χ0n) is 11.8. The average Bonchev–Trinajstić information content (AvgIpc) is 3.14. The molecule has 0 saturated carbocycles. The number of amides is 1. The van der Waals surface area contributed by atoms with Crippen LogP contribution >= 0.6 is 0 Å². The lowest BCUT2D eigenvalue weighted by Crippen LogP contribution is -2.14. The summed E-state index contributed by atoms with van der Waals surface area (Å²) in [5, 5.41) is 11.9. The molecule has 108 valence electrons. The number of benzene rings is 2. The number of aromatic nitrogens is 3. The highest BCUT2D eigenvalue weighted by atomic mass is 16.1. The van der Waals surface area contributed by atoms with E-state index < -0.39 is 0 Å². The highest BCUT2D eigenvalue weighted by molar-refractivity contribution is 5.95. The predicted octanol–water partition coefficient (Wildman–Crippen LogP) is 3.23. The maximum Gasteiger partial charge on any atom is 0.228 e. The van der Waals surface area contributed by atoms with Gasteiger partial charge in [0, 0.05) is 22.8 Å². The fraction of sp³-hybridized carbons (Fsp3) is 0.0588. The van der Waals surface area contributed by atoms with Crippen LogP contribution in [0.1, 0.15) is 5.56 Å². The van der Waals surface area contributed by atoms with E-state index in [1.54, 1.807) is 6.20 Å². The Kier molecular flexibility index (Phi) is 2.89. The molecule has 4 rings (SSSR count). The Hall–Kier alpha value is -3.08. The minimum Gasteiger partial charge on any atom is -0.361 e. The lowest BCUT2D eigenvalue weighted by Gasteiger charge is -2.06. The van der Waals surface area contributed by atoms with E-state index in [0.29, 0.717) is 6.42 Å². The summed E-state index contributed by atoms with van der Waals surface area (Å²) in [5.74, 6) is -0.0299. The molecular weight excluding hydrogens is 276 g/mol. The fourth-order valence-electron chi connectivity index (χ4n) is 2.62. The largest absolute Gasteiger partial charge is 0.361 e. The van der Waals surface area contributed by atoms with E-state index in [-0.39, 0.29) is 5.91 Å². The molecular formula is C17H14N4O. The number of hydrogen-bond donors (Lipinski definition) is 3. The highest BCUT2D eigenvalue weighted by Gasteiger charge is 2.06. The number of rotatable bonds is 3. The van der Waals surface area contributed by atoms with Crippen LogP contribution in [0, 0.1) is 0 Å². The molecule has 3 N–H and O–H groups in total. The van der Waals surface area contributed by atoms with Crippen molar-refractivity contribution in [2.75, 3.05) is 5.32 Å². The summed E-state index contributed by atoms with van der Waals surface area (Å²) in [6.45, 7) is 0. The first kappa shape index (κ1) is 12.6. The molecule has 2 aromatic carbocycles. The molecule has 22 heavy (non-hydrogen) atoms. The van der Waals surface area contributed by atoms with Gasteiger partial charge in [-0.05, 0) is 47.3 Å². The monoisotopic (exact) mass is 290 g/mol. The van der Waals surface area contributed by atoms with Crippen LogP contribution < -0.4 is 5.32 Å². The quantitative estimate of drug-likeness (QED) is 0.542. The summed E-state index contributed by atoms with van der Waals surface area (Å²) in [4.78, 5) is 15.3. The topological polar surface area (TPSA) is 73.6 Å². The zero-order valence-corrected chi connectivity index (χ0v) is 11.8. The van der Waals surface area contributed by atoms with Gasteiger partial charge in [-0.25, -0.2) is 0 Å². The fourth-order valence-corrected chi connectivity index (χ4v) is 2.62. The molecule has 5 heteroatoms. The SMILES string of the molecule is O=C(Cc1ccc2[nH]ccc2c1)Nc1ccc2[nH]ncc2c1. The smallest absolute Gasteiger partial charge is 0.228 e. The van der Waals surface area contributed by atoms with Crippen LogP contribution in [-0.2, 0) is 11.2 Å². The Morgan fingerprint density at radius 2 is 1.95 bits per heavy atom. The summed E-state index contributed by atoms with van der Waals surface area (Å²) in [7, 11) is 0. The lowest BCUT2D eigenvalue weighted by atomic mass is 10.1. The second-order valence-corrected chi connectivity index (χ2v) is 5.30. The highest BCUT2D eigenvalue weighted by Crippen LogP contribution is 2.18. The van der Waals surface area contributed by atoms with Crippen LogP contribution in [0.15, 0.2) is 54.9 Å². The van der Waals surface area contributed by atoms with Crippen molar-refractivity contribution < 1.29 is 4.79 Å². The standard InChI is InChI=1S/C17H14N4O/c22-17(8-11-1-3-15-12(7-11)5-6-18-15)20-14-2-4-16-13(9-14)10-19-21-16/h1-7,9-10,18H,8H2,(H,19,21)(H,20,22). The van der Waals surface area contributed by atoms with Gasteiger partial charge >= 0.3 is 0 Å². The molecule has 0 unspecified atom stereocenters. The van der Waals surface area contributed by atoms with E-state index in [0.717, 1.165) is 33.1 Å². The summed E-state index contributed by atoms with van der Waals surface area (Å²) < 4.78 is 0.